The van der Waals surface area contributed by atoms with Crippen molar-refractivity contribution in [3.05, 3.63) is 102 Å². The van der Waals surface area contributed by atoms with Crippen LogP contribution in [0.4, 0.5) is 17.1 Å². The number of aryl methyl sites for hydroxylation is 1. The summed E-state index contributed by atoms with van der Waals surface area (Å²) in [5.41, 5.74) is 3.24. The first kappa shape index (κ1) is 25.8. The Hall–Kier alpha value is -3.86. The van der Waals surface area contributed by atoms with Crippen molar-refractivity contribution in [3.8, 4) is 11.1 Å². The highest BCUT2D eigenvalue weighted by atomic mass is 35.5. The molecule has 8 nitrogen and oxygen atoms in total. The van der Waals surface area contributed by atoms with Crippen LogP contribution in [0, 0.1) is 6.92 Å². The van der Waals surface area contributed by atoms with E-state index in [1.165, 1.54) is 30.3 Å². The predicted octanol–water partition coefficient (Wildman–Crippen LogP) is 5.26. The molecule has 4 aromatic carbocycles. The van der Waals surface area contributed by atoms with E-state index in [4.69, 9.17) is 11.6 Å². The van der Waals surface area contributed by atoms with Gasteiger partial charge in [-0.25, -0.2) is 16.8 Å². The van der Waals surface area contributed by atoms with Gasteiger partial charge in [-0.2, -0.15) is 0 Å². The minimum atomic E-state index is -3.98. The second kappa shape index (κ2) is 9.79. The molecule has 0 aliphatic carbocycles. The summed E-state index contributed by atoms with van der Waals surface area (Å²) in [6, 6.07) is 24.0. The molecule has 1 heterocycles. The Morgan fingerprint density at radius 3 is 2.32 bits per heavy atom. The summed E-state index contributed by atoms with van der Waals surface area (Å²) in [6.45, 7) is 1.46. The normalized spacial score (nSPS) is 13.8. The monoisotopic (exact) mass is 567 g/mol. The molecule has 0 saturated carbocycles. The number of nitrogens with one attached hydrogen (secondary N) is 2. The van der Waals surface area contributed by atoms with Gasteiger partial charge in [0.05, 0.1) is 26.2 Å². The molecule has 4 aromatic rings. The van der Waals surface area contributed by atoms with Crippen LogP contribution < -0.4 is 14.3 Å². The van der Waals surface area contributed by atoms with Crippen LogP contribution in [-0.4, -0.2) is 29.3 Å². The Morgan fingerprint density at radius 2 is 1.58 bits per heavy atom. The van der Waals surface area contributed by atoms with Crippen molar-refractivity contribution in [3.63, 3.8) is 0 Å². The van der Waals surface area contributed by atoms with Gasteiger partial charge in [-0.05, 0) is 61.5 Å². The molecule has 0 atom stereocenters. The van der Waals surface area contributed by atoms with Gasteiger partial charge in [0.15, 0.2) is 0 Å². The van der Waals surface area contributed by atoms with E-state index in [1.807, 2.05) is 13.0 Å². The molecule has 0 fully saturated rings. The van der Waals surface area contributed by atoms with Gasteiger partial charge in [0, 0.05) is 16.8 Å². The zero-order valence-electron chi connectivity index (χ0n) is 20.1. The van der Waals surface area contributed by atoms with Crippen LogP contribution in [0.2, 0.25) is 5.02 Å². The van der Waals surface area contributed by atoms with Crippen molar-refractivity contribution in [2.24, 2.45) is 0 Å². The zero-order chi connectivity index (χ0) is 27.1. The average molecular weight is 568 g/mol. The molecule has 194 valence electrons. The molecule has 0 aromatic heterocycles. The number of halogens is 1. The van der Waals surface area contributed by atoms with Crippen LogP contribution in [0.15, 0.2) is 101 Å². The molecule has 11 heteroatoms. The van der Waals surface area contributed by atoms with Crippen molar-refractivity contribution in [2.75, 3.05) is 20.9 Å². The third-order valence-corrected chi connectivity index (χ3v) is 9.55. The van der Waals surface area contributed by atoms with Crippen LogP contribution >= 0.6 is 11.6 Å². The van der Waals surface area contributed by atoms with E-state index in [-0.39, 0.29) is 20.5 Å². The Morgan fingerprint density at radius 1 is 0.895 bits per heavy atom. The molecule has 0 saturated heterocycles. The standard InChI is InChI=1S/C27H22ClN3O5S2/c1-18-10-15-25-22(16-18)21-6-2-5-9-26(21)38(35,36)31(25)17-27(32)29-19-11-13-20(14-12-19)37(33,34)30-24-8-4-3-7-23(24)28/h2-16,30H,17H2,1H3,(H,29,32). The second-order valence-corrected chi connectivity index (χ2v) is 12.6. The summed E-state index contributed by atoms with van der Waals surface area (Å²) in [4.78, 5) is 13.1. The number of rotatable bonds is 6. The molecular weight excluding hydrogens is 546 g/mol. The van der Waals surface area contributed by atoms with Gasteiger partial charge in [-0.15, -0.1) is 0 Å². The molecule has 2 N–H and O–H groups in total. The largest absolute Gasteiger partial charge is 0.325 e. The SMILES string of the molecule is Cc1ccc2c(c1)-c1ccccc1S(=O)(=O)N2CC(=O)Nc1ccc(S(=O)(=O)Nc2ccccc2Cl)cc1. The van der Waals surface area contributed by atoms with Crippen molar-refractivity contribution in [1.29, 1.82) is 0 Å². The summed E-state index contributed by atoms with van der Waals surface area (Å²) in [5.74, 6) is -0.579. The van der Waals surface area contributed by atoms with E-state index in [1.54, 1.807) is 54.6 Å². The molecule has 38 heavy (non-hydrogen) atoms. The van der Waals surface area contributed by atoms with Crippen LogP contribution in [0.25, 0.3) is 11.1 Å². The average Bonchev–Trinajstić information content (AvgIpc) is 2.88. The minimum absolute atomic E-state index is 0.0325. The van der Waals surface area contributed by atoms with Gasteiger partial charge in [0.25, 0.3) is 20.0 Å². The Bertz CT molecular complexity index is 1770. The van der Waals surface area contributed by atoms with Crippen LogP contribution in [0.5, 0.6) is 0 Å². The molecular formula is C27H22ClN3O5S2. The van der Waals surface area contributed by atoms with Crippen LogP contribution in [0.3, 0.4) is 0 Å². The maximum atomic E-state index is 13.4. The third-order valence-electron chi connectivity index (χ3n) is 6.02. The second-order valence-electron chi connectivity index (χ2n) is 8.69. The molecule has 0 spiro atoms. The Labute approximate surface area is 226 Å². The highest BCUT2D eigenvalue weighted by Crippen LogP contribution is 2.43. The van der Waals surface area contributed by atoms with Gasteiger partial charge in [-0.1, -0.05) is 53.6 Å². The fourth-order valence-electron chi connectivity index (χ4n) is 4.21. The van der Waals surface area contributed by atoms with E-state index in [0.717, 1.165) is 15.4 Å². The quantitative estimate of drug-likeness (QED) is 0.330. The van der Waals surface area contributed by atoms with Gasteiger partial charge < -0.3 is 5.32 Å². The first-order chi connectivity index (χ1) is 18.1. The predicted molar refractivity (Wildman–Crippen MR) is 148 cm³/mol. The van der Waals surface area contributed by atoms with Gasteiger partial charge in [-0.3, -0.25) is 13.8 Å². The minimum Gasteiger partial charge on any atom is -0.325 e. The molecule has 0 unspecified atom stereocenters. The van der Waals surface area contributed by atoms with E-state index in [9.17, 15) is 21.6 Å². The Balaban J connectivity index is 1.36. The fourth-order valence-corrected chi connectivity index (χ4v) is 7.18. The highest BCUT2D eigenvalue weighted by molar-refractivity contribution is 7.93. The van der Waals surface area contributed by atoms with E-state index < -0.39 is 32.5 Å². The molecule has 0 bridgehead atoms. The lowest BCUT2D eigenvalue weighted by Gasteiger charge is -2.31. The van der Waals surface area contributed by atoms with Crippen LogP contribution in [-0.2, 0) is 24.8 Å². The van der Waals surface area contributed by atoms with E-state index in [0.29, 0.717) is 16.9 Å². The third kappa shape index (κ3) is 4.85. The first-order valence-electron chi connectivity index (χ1n) is 11.5. The highest BCUT2D eigenvalue weighted by Gasteiger charge is 2.35. The molecule has 5 rings (SSSR count). The van der Waals surface area contributed by atoms with Gasteiger partial charge >= 0.3 is 0 Å². The number of carbonyl (C=O) groups is 1. The number of hydrogen-bond donors (Lipinski definition) is 2. The number of para-hydroxylation sites is 1. The molecule has 1 aliphatic heterocycles. The number of fused-ring (bicyclic) bond motifs is 3. The van der Waals surface area contributed by atoms with Crippen molar-refractivity contribution in [1.82, 2.24) is 0 Å². The van der Waals surface area contributed by atoms with Crippen molar-refractivity contribution >= 4 is 54.6 Å². The molecule has 0 radical (unpaired) electrons. The first-order valence-corrected chi connectivity index (χ1v) is 14.8. The number of anilines is 3. The zero-order valence-corrected chi connectivity index (χ0v) is 22.4. The number of benzene rings is 4. The van der Waals surface area contributed by atoms with Crippen molar-refractivity contribution < 1.29 is 21.6 Å². The summed E-state index contributed by atoms with van der Waals surface area (Å²) in [7, 11) is -7.90. The lowest BCUT2D eigenvalue weighted by Crippen LogP contribution is -2.40. The smallest absolute Gasteiger partial charge is 0.265 e. The lowest BCUT2D eigenvalue weighted by atomic mass is 10.0. The summed E-state index contributed by atoms with van der Waals surface area (Å²) >= 11 is 6.05. The van der Waals surface area contributed by atoms with E-state index in [2.05, 4.69) is 10.0 Å². The van der Waals surface area contributed by atoms with E-state index >= 15 is 0 Å². The molecule has 1 amide bonds. The lowest BCUT2D eigenvalue weighted by molar-refractivity contribution is -0.114. The molecule has 1 aliphatic rings. The van der Waals surface area contributed by atoms with Crippen molar-refractivity contribution in [2.45, 2.75) is 16.7 Å². The fraction of sp³-hybridized carbons (Fsp3) is 0.0741. The topological polar surface area (TPSA) is 113 Å². The summed E-state index contributed by atoms with van der Waals surface area (Å²) in [5, 5.41) is 2.91. The summed E-state index contributed by atoms with van der Waals surface area (Å²) in [6.07, 6.45) is 0. The maximum Gasteiger partial charge on any atom is 0.265 e. The van der Waals surface area contributed by atoms with Gasteiger partial charge in [0.2, 0.25) is 5.91 Å². The number of nitrogens with zero attached hydrogens (tertiary/aromatic N) is 1. The Kier molecular flexibility index (Phi) is 6.64. The van der Waals surface area contributed by atoms with Crippen LogP contribution in [0.1, 0.15) is 5.56 Å². The maximum absolute atomic E-state index is 13.4. The number of hydrogen-bond acceptors (Lipinski definition) is 5. The van der Waals surface area contributed by atoms with Gasteiger partial charge in [0.1, 0.15) is 6.54 Å². The summed E-state index contributed by atoms with van der Waals surface area (Å²) < 4.78 is 55.8. The number of amides is 1. The number of sulfonamides is 2. The number of carbonyl (C=O) groups excluding carboxylic acids is 1.